The van der Waals surface area contributed by atoms with Gasteiger partial charge < -0.3 is 4.74 Å². The molecule has 0 aliphatic carbocycles. The Bertz CT molecular complexity index is 584. The van der Waals surface area contributed by atoms with Gasteiger partial charge in [0.15, 0.2) is 0 Å². The molecule has 0 aromatic carbocycles. The Hall–Kier alpha value is -0.140. The zero-order valence-electron chi connectivity index (χ0n) is 12.0. The third-order valence-corrected chi connectivity index (χ3v) is 7.56. The van der Waals surface area contributed by atoms with Gasteiger partial charge >= 0.3 is 0 Å². The lowest BCUT2D eigenvalue weighted by atomic mass is 9.96. The molecule has 4 nitrogen and oxygen atoms in total. The van der Waals surface area contributed by atoms with Crippen molar-refractivity contribution in [2.75, 3.05) is 20.2 Å². The van der Waals surface area contributed by atoms with Gasteiger partial charge in [-0.25, -0.2) is 8.42 Å². The molecule has 0 amide bonds. The Balaban J connectivity index is 2.37. The summed E-state index contributed by atoms with van der Waals surface area (Å²) >= 11 is 7.28. The third kappa shape index (κ3) is 2.90. The van der Waals surface area contributed by atoms with Crippen LogP contribution in [0.25, 0.3) is 0 Å². The van der Waals surface area contributed by atoms with Crippen LogP contribution in [0, 0.1) is 6.92 Å². The van der Waals surface area contributed by atoms with Gasteiger partial charge in [0, 0.05) is 25.1 Å². The number of ether oxygens (including phenoxy) is 1. The number of rotatable bonds is 4. The van der Waals surface area contributed by atoms with Crippen LogP contribution >= 0.6 is 22.9 Å². The molecule has 20 heavy (non-hydrogen) atoms. The van der Waals surface area contributed by atoms with Gasteiger partial charge in [-0.2, -0.15) is 4.31 Å². The smallest absolute Gasteiger partial charge is 0.244 e. The van der Waals surface area contributed by atoms with E-state index < -0.39 is 15.6 Å². The molecule has 1 unspecified atom stereocenters. The van der Waals surface area contributed by atoms with Crippen molar-refractivity contribution < 1.29 is 13.2 Å². The lowest BCUT2D eigenvalue weighted by Crippen LogP contribution is -2.49. The van der Waals surface area contributed by atoms with Gasteiger partial charge in [0.1, 0.15) is 4.90 Å². The lowest BCUT2D eigenvalue weighted by molar-refractivity contribution is -0.0319. The molecular weight excluding hydrogens is 318 g/mol. The number of hydrogen-bond donors (Lipinski definition) is 0. The second-order valence-electron chi connectivity index (χ2n) is 5.40. The van der Waals surface area contributed by atoms with Crippen LogP contribution in [0.1, 0.15) is 30.2 Å². The van der Waals surface area contributed by atoms with E-state index in [1.54, 1.807) is 7.11 Å². The Labute approximate surface area is 129 Å². The summed E-state index contributed by atoms with van der Waals surface area (Å²) in [6.07, 6.45) is 1.68. The summed E-state index contributed by atoms with van der Waals surface area (Å²) in [6.45, 7) is 4.71. The average Bonchev–Trinajstić information content (AvgIpc) is 2.80. The van der Waals surface area contributed by atoms with Crippen molar-refractivity contribution >= 4 is 33.0 Å². The Morgan fingerprint density at radius 1 is 1.55 bits per heavy atom. The summed E-state index contributed by atoms with van der Waals surface area (Å²) < 4.78 is 32.8. The molecule has 1 aromatic heterocycles. The molecule has 2 heterocycles. The number of piperidine rings is 1. The summed E-state index contributed by atoms with van der Waals surface area (Å²) in [5, 5.41) is 1.85. The van der Waals surface area contributed by atoms with Gasteiger partial charge in [0.05, 0.1) is 11.5 Å². The zero-order chi connectivity index (χ0) is 15.0. The Morgan fingerprint density at radius 2 is 2.25 bits per heavy atom. The molecular formula is C13H20ClNO3S2. The molecule has 0 radical (unpaired) electrons. The number of sulfonamides is 1. The molecule has 1 aliphatic rings. The summed E-state index contributed by atoms with van der Waals surface area (Å²) in [5.41, 5.74) is 0.367. The molecule has 0 spiro atoms. The molecule has 0 saturated carbocycles. The number of nitrogens with zero attached hydrogens (tertiary/aromatic N) is 1. The van der Waals surface area contributed by atoms with E-state index in [1.165, 1.54) is 15.6 Å². The summed E-state index contributed by atoms with van der Waals surface area (Å²) in [5.74, 6) is 0.225. The van der Waals surface area contributed by atoms with Crippen LogP contribution in [0.5, 0.6) is 0 Å². The minimum atomic E-state index is -3.49. The fourth-order valence-electron chi connectivity index (χ4n) is 2.59. The van der Waals surface area contributed by atoms with Crippen molar-refractivity contribution in [2.45, 2.75) is 43.1 Å². The van der Waals surface area contributed by atoms with E-state index in [1.807, 2.05) is 19.2 Å². The quantitative estimate of drug-likeness (QED) is 0.793. The molecule has 1 atom stereocenters. The van der Waals surface area contributed by atoms with E-state index in [9.17, 15) is 8.42 Å². The first kappa shape index (κ1) is 16.2. The topological polar surface area (TPSA) is 46.6 Å². The van der Waals surface area contributed by atoms with E-state index >= 15 is 0 Å². The first-order chi connectivity index (χ1) is 9.34. The third-order valence-electron chi connectivity index (χ3n) is 3.83. The number of halogens is 1. The monoisotopic (exact) mass is 337 g/mol. The van der Waals surface area contributed by atoms with Crippen LogP contribution in [0.2, 0.25) is 0 Å². The lowest BCUT2D eigenvalue weighted by Gasteiger charge is -2.38. The highest BCUT2D eigenvalue weighted by atomic mass is 35.5. The number of thiophene rings is 1. The minimum absolute atomic E-state index is 0.225. The number of hydrogen-bond acceptors (Lipinski definition) is 4. The highest BCUT2D eigenvalue weighted by Gasteiger charge is 2.38. The first-order valence-corrected chi connectivity index (χ1v) is 9.38. The zero-order valence-corrected chi connectivity index (χ0v) is 14.4. The van der Waals surface area contributed by atoms with Crippen LogP contribution in [-0.4, -0.2) is 38.5 Å². The van der Waals surface area contributed by atoms with Gasteiger partial charge in [0.25, 0.3) is 0 Å². The van der Waals surface area contributed by atoms with Crippen molar-refractivity contribution in [1.29, 1.82) is 0 Å². The van der Waals surface area contributed by atoms with Gasteiger partial charge in [-0.3, -0.25) is 0 Å². The second-order valence-corrected chi connectivity index (χ2v) is 8.51. The van der Waals surface area contributed by atoms with Crippen molar-refractivity contribution in [3.63, 3.8) is 0 Å². The predicted molar refractivity (Wildman–Crippen MR) is 82.0 cm³/mol. The molecule has 1 aliphatic heterocycles. The van der Waals surface area contributed by atoms with Crippen LogP contribution < -0.4 is 0 Å². The predicted octanol–water partition coefficient (Wildman–Crippen LogP) is 2.98. The van der Waals surface area contributed by atoms with E-state index in [-0.39, 0.29) is 5.88 Å². The van der Waals surface area contributed by atoms with Crippen LogP contribution in [0.4, 0.5) is 0 Å². The fraction of sp³-hybridized carbons (Fsp3) is 0.692. The van der Waals surface area contributed by atoms with Gasteiger partial charge in [-0.05, 0) is 37.6 Å². The average molecular weight is 338 g/mol. The maximum Gasteiger partial charge on any atom is 0.244 e. The van der Waals surface area contributed by atoms with E-state index in [0.717, 1.165) is 18.4 Å². The Kier molecular flexibility index (Phi) is 4.81. The first-order valence-electron chi connectivity index (χ1n) is 6.52. The standard InChI is InChI=1S/C13H20ClNO3S2/c1-10-8-19-11(7-14)12(10)20(16,17)15-6-4-5-13(2,9-15)18-3/h8H,4-7,9H2,1-3H3. The highest BCUT2D eigenvalue weighted by molar-refractivity contribution is 7.89. The van der Waals surface area contributed by atoms with Crippen molar-refractivity contribution in [3.8, 4) is 0 Å². The largest absolute Gasteiger partial charge is 0.377 e. The van der Waals surface area contributed by atoms with Crippen LogP contribution in [0.15, 0.2) is 10.3 Å². The minimum Gasteiger partial charge on any atom is -0.377 e. The van der Waals surface area contributed by atoms with E-state index in [4.69, 9.17) is 16.3 Å². The molecule has 2 rings (SSSR count). The van der Waals surface area contributed by atoms with Crippen molar-refractivity contribution in [1.82, 2.24) is 4.31 Å². The van der Waals surface area contributed by atoms with Crippen molar-refractivity contribution in [3.05, 3.63) is 15.8 Å². The van der Waals surface area contributed by atoms with E-state index in [2.05, 4.69) is 0 Å². The summed E-state index contributed by atoms with van der Waals surface area (Å²) in [7, 11) is -1.86. The van der Waals surface area contributed by atoms with Gasteiger partial charge in [0.2, 0.25) is 10.0 Å². The van der Waals surface area contributed by atoms with Crippen LogP contribution in [0.3, 0.4) is 0 Å². The van der Waals surface area contributed by atoms with Crippen molar-refractivity contribution in [2.24, 2.45) is 0 Å². The molecule has 1 aromatic rings. The highest BCUT2D eigenvalue weighted by Crippen LogP contribution is 2.34. The SMILES string of the molecule is COC1(C)CCCN(S(=O)(=O)c2c(C)csc2CCl)C1. The maximum atomic E-state index is 12.9. The molecule has 0 bridgehead atoms. The molecule has 0 N–H and O–H groups in total. The normalized spacial score (nSPS) is 25.0. The fourth-order valence-corrected chi connectivity index (χ4v) is 6.19. The van der Waals surface area contributed by atoms with Gasteiger partial charge in [-0.15, -0.1) is 22.9 Å². The molecule has 114 valence electrons. The second kappa shape index (κ2) is 5.93. The maximum absolute atomic E-state index is 12.9. The van der Waals surface area contributed by atoms with Crippen LogP contribution in [-0.2, 0) is 20.6 Å². The number of methoxy groups -OCH3 is 1. The Morgan fingerprint density at radius 3 is 2.85 bits per heavy atom. The number of aryl methyl sites for hydroxylation is 1. The van der Waals surface area contributed by atoms with Gasteiger partial charge in [-0.1, -0.05) is 0 Å². The molecule has 1 saturated heterocycles. The molecule has 1 fully saturated rings. The summed E-state index contributed by atoms with van der Waals surface area (Å²) in [6, 6.07) is 0. The van der Waals surface area contributed by atoms with E-state index in [0.29, 0.717) is 22.9 Å². The number of alkyl halides is 1. The molecule has 7 heteroatoms. The summed E-state index contributed by atoms with van der Waals surface area (Å²) in [4.78, 5) is 1.10.